The number of amides is 1. The zero-order valence-electron chi connectivity index (χ0n) is 13.1. The number of anilines is 1. The number of hydrogen-bond acceptors (Lipinski definition) is 4. The van der Waals surface area contributed by atoms with Gasteiger partial charge in [0.15, 0.2) is 5.78 Å². The predicted octanol–water partition coefficient (Wildman–Crippen LogP) is 2.42. The van der Waals surface area contributed by atoms with Gasteiger partial charge in [0.1, 0.15) is 5.82 Å². The lowest BCUT2D eigenvalue weighted by molar-refractivity contribution is 0.0899. The quantitative estimate of drug-likeness (QED) is 0.875. The van der Waals surface area contributed by atoms with Crippen LogP contribution in [0.5, 0.6) is 0 Å². The van der Waals surface area contributed by atoms with Crippen molar-refractivity contribution in [2.75, 3.05) is 18.0 Å². The minimum absolute atomic E-state index is 0.0412. The van der Waals surface area contributed by atoms with Crippen LogP contribution in [0.2, 0.25) is 0 Å². The van der Waals surface area contributed by atoms with E-state index in [0.29, 0.717) is 37.1 Å². The summed E-state index contributed by atoms with van der Waals surface area (Å²) in [5.74, 6) is -0.911. The maximum Gasteiger partial charge on any atom is 0.252 e. The summed E-state index contributed by atoms with van der Waals surface area (Å²) in [5.41, 5.74) is 7.08. The Morgan fingerprint density at radius 3 is 2.42 bits per heavy atom. The van der Waals surface area contributed by atoms with Crippen LogP contribution in [0.1, 0.15) is 33.6 Å². The van der Waals surface area contributed by atoms with Crippen LogP contribution in [0.15, 0.2) is 42.7 Å². The van der Waals surface area contributed by atoms with Gasteiger partial charge in [0.2, 0.25) is 0 Å². The van der Waals surface area contributed by atoms with Gasteiger partial charge in [-0.05, 0) is 43.2 Å². The highest BCUT2D eigenvalue weighted by Crippen LogP contribution is 2.27. The summed E-state index contributed by atoms with van der Waals surface area (Å²) in [4.78, 5) is 30.0. The first-order valence-electron chi connectivity index (χ1n) is 7.85. The zero-order valence-corrected chi connectivity index (χ0v) is 13.1. The number of primary amides is 1. The first kappa shape index (κ1) is 16.1. The van der Waals surface area contributed by atoms with Crippen molar-refractivity contribution in [3.05, 3.63) is 59.7 Å². The number of aromatic nitrogens is 1. The molecule has 0 atom stereocenters. The molecule has 1 aromatic carbocycles. The summed E-state index contributed by atoms with van der Waals surface area (Å²) in [6, 6.07) is 7.43. The molecular weight excluding hydrogens is 309 g/mol. The molecule has 0 radical (unpaired) electrons. The largest absolute Gasteiger partial charge is 0.371 e. The van der Waals surface area contributed by atoms with Crippen molar-refractivity contribution in [2.45, 2.75) is 12.8 Å². The van der Waals surface area contributed by atoms with Gasteiger partial charge in [-0.1, -0.05) is 0 Å². The molecule has 1 aliphatic heterocycles. The van der Waals surface area contributed by atoms with Crippen LogP contribution < -0.4 is 10.6 Å². The molecule has 1 saturated heterocycles. The highest BCUT2D eigenvalue weighted by atomic mass is 19.1. The van der Waals surface area contributed by atoms with E-state index in [1.807, 2.05) is 0 Å². The second-order valence-electron chi connectivity index (χ2n) is 5.89. The Balaban J connectivity index is 1.69. The Bertz CT molecular complexity index is 753. The molecular formula is C18H18FN3O2. The van der Waals surface area contributed by atoms with E-state index in [1.54, 1.807) is 12.3 Å². The molecule has 0 aliphatic carbocycles. The molecule has 0 spiro atoms. The Labute approximate surface area is 139 Å². The molecule has 1 aliphatic rings. The van der Waals surface area contributed by atoms with Crippen molar-refractivity contribution in [1.82, 2.24) is 4.98 Å². The Kier molecular flexibility index (Phi) is 4.55. The van der Waals surface area contributed by atoms with Crippen molar-refractivity contribution >= 4 is 17.4 Å². The lowest BCUT2D eigenvalue weighted by Crippen LogP contribution is -2.37. The van der Waals surface area contributed by atoms with Gasteiger partial charge in [-0.3, -0.25) is 14.6 Å². The monoisotopic (exact) mass is 327 g/mol. The fourth-order valence-electron chi connectivity index (χ4n) is 3.09. The molecule has 2 N–H and O–H groups in total. The SMILES string of the molecule is NC(=O)c1cnccc1N1CCC(C(=O)c2ccc(F)cc2)CC1. The minimum Gasteiger partial charge on any atom is -0.371 e. The van der Waals surface area contributed by atoms with Crippen molar-refractivity contribution in [3.63, 3.8) is 0 Å². The van der Waals surface area contributed by atoms with E-state index in [1.165, 1.54) is 30.5 Å². The molecule has 1 fully saturated rings. The number of piperidine rings is 1. The van der Waals surface area contributed by atoms with E-state index in [2.05, 4.69) is 9.88 Å². The topological polar surface area (TPSA) is 76.3 Å². The molecule has 1 amide bonds. The molecule has 0 bridgehead atoms. The number of nitrogens with two attached hydrogens (primary N) is 1. The molecule has 24 heavy (non-hydrogen) atoms. The van der Waals surface area contributed by atoms with E-state index in [9.17, 15) is 14.0 Å². The number of benzene rings is 1. The molecule has 2 aromatic rings. The van der Waals surface area contributed by atoms with Crippen LogP contribution in [-0.4, -0.2) is 29.8 Å². The molecule has 5 nitrogen and oxygen atoms in total. The fraction of sp³-hybridized carbons (Fsp3) is 0.278. The Hall–Kier alpha value is -2.76. The number of nitrogens with zero attached hydrogens (tertiary/aromatic N) is 2. The van der Waals surface area contributed by atoms with E-state index in [0.717, 1.165) is 5.69 Å². The molecule has 0 saturated carbocycles. The third kappa shape index (κ3) is 3.27. The van der Waals surface area contributed by atoms with Gasteiger partial charge in [-0.25, -0.2) is 4.39 Å². The molecule has 6 heteroatoms. The number of Topliss-reactive ketones (excluding diaryl/α,β-unsaturated/α-hetero) is 1. The average molecular weight is 327 g/mol. The first-order chi connectivity index (χ1) is 11.6. The Morgan fingerprint density at radius 1 is 1.12 bits per heavy atom. The van der Waals surface area contributed by atoms with Gasteiger partial charge in [0.05, 0.1) is 11.3 Å². The molecule has 3 rings (SSSR count). The first-order valence-corrected chi connectivity index (χ1v) is 7.85. The van der Waals surface area contributed by atoms with E-state index >= 15 is 0 Å². The van der Waals surface area contributed by atoms with Crippen LogP contribution in [0, 0.1) is 11.7 Å². The summed E-state index contributed by atoms with van der Waals surface area (Å²) >= 11 is 0. The highest BCUT2D eigenvalue weighted by molar-refractivity contribution is 5.99. The maximum atomic E-state index is 13.0. The second-order valence-corrected chi connectivity index (χ2v) is 5.89. The number of ketones is 1. The van der Waals surface area contributed by atoms with Crippen molar-refractivity contribution in [2.24, 2.45) is 11.7 Å². The third-order valence-electron chi connectivity index (χ3n) is 4.40. The van der Waals surface area contributed by atoms with E-state index in [4.69, 9.17) is 5.73 Å². The second kappa shape index (κ2) is 6.78. The summed E-state index contributed by atoms with van der Waals surface area (Å²) < 4.78 is 13.0. The standard InChI is InChI=1S/C18H18FN3O2/c19-14-3-1-12(2-4-14)17(23)13-6-9-22(10-7-13)16-5-8-21-11-15(16)18(20)24/h1-5,8,11,13H,6-7,9-10H2,(H2,20,24). The van der Waals surface area contributed by atoms with Gasteiger partial charge < -0.3 is 10.6 Å². The maximum absolute atomic E-state index is 13.0. The van der Waals surface area contributed by atoms with Gasteiger partial charge in [-0.15, -0.1) is 0 Å². The van der Waals surface area contributed by atoms with Crippen LogP contribution >= 0.6 is 0 Å². The van der Waals surface area contributed by atoms with Gasteiger partial charge in [-0.2, -0.15) is 0 Å². The van der Waals surface area contributed by atoms with E-state index < -0.39 is 5.91 Å². The van der Waals surface area contributed by atoms with Crippen LogP contribution in [0.25, 0.3) is 0 Å². The number of pyridine rings is 1. The predicted molar refractivity (Wildman–Crippen MR) is 88.4 cm³/mol. The lowest BCUT2D eigenvalue weighted by Gasteiger charge is -2.33. The summed E-state index contributed by atoms with van der Waals surface area (Å²) in [6.45, 7) is 1.31. The van der Waals surface area contributed by atoms with E-state index in [-0.39, 0.29) is 17.5 Å². The summed E-state index contributed by atoms with van der Waals surface area (Å²) in [7, 11) is 0. The normalized spacial score (nSPS) is 15.3. The number of hydrogen-bond donors (Lipinski definition) is 1. The summed E-state index contributed by atoms with van der Waals surface area (Å²) in [6.07, 6.45) is 4.44. The minimum atomic E-state index is -0.511. The van der Waals surface area contributed by atoms with Crippen molar-refractivity contribution in [1.29, 1.82) is 0 Å². The molecule has 2 heterocycles. The van der Waals surface area contributed by atoms with Gasteiger partial charge in [0, 0.05) is 37.0 Å². The lowest BCUT2D eigenvalue weighted by atomic mass is 9.88. The summed E-state index contributed by atoms with van der Waals surface area (Å²) in [5, 5.41) is 0. The van der Waals surface area contributed by atoms with Crippen molar-refractivity contribution < 1.29 is 14.0 Å². The van der Waals surface area contributed by atoms with Gasteiger partial charge >= 0.3 is 0 Å². The Morgan fingerprint density at radius 2 is 1.79 bits per heavy atom. The molecule has 124 valence electrons. The fourth-order valence-corrected chi connectivity index (χ4v) is 3.09. The number of carbonyl (C=O) groups is 2. The average Bonchev–Trinajstić information content (AvgIpc) is 2.62. The van der Waals surface area contributed by atoms with Crippen LogP contribution in [0.4, 0.5) is 10.1 Å². The van der Waals surface area contributed by atoms with Gasteiger partial charge in [0.25, 0.3) is 5.91 Å². The zero-order chi connectivity index (χ0) is 17.1. The van der Waals surface area contributed by atoms with Crippen LogP contribution in [0.3, 0.4) is 0 Å². The molecule has 0 unspecified atom stereocenters. The highest BCUT2D eigenvalue weighted by Gasteiger charge is 2.27. The number of halogens is 1. The smallest absolute Gasteiger partial charge is 0.252 e. The number of rotatable bonds is 4. The van der Waals surface area contributed by atoms with Crippen molar-refractivity contribution in [3.8, 4) is 0 Å². The molecule has 1 aromatic heterocycles. The third-order valence-corrected chi connectivity index (χ3v) is 4.40. The number of carbonyl (C=O) groups excluding carboxylic acids is 2. The van der Waals surface area contributed by atoms with Crippen LogP contribution in [-0.2, 0) is 0 Å².